The van der Waals surface area contributed by atoms with Crippen LogP contribution in [0.1, 0.15) is 26.3 Å². The van der Waals surface area contributed by atoms with Crippen LogP contribution in [-0.4, -0.2) is 31.8 Å². The predicted octanol–water partition coefficient (Wildman–Crippen LogP) is 1.95. The van der Waals surface area contributed by atoms with Crippen LogP contribution in [0.5, 0.6) is 5.75 Å². The van der Waals surface area contributed by atoms with Crippen molar-refractivity contribution in [3.8, 4) is 5.75 Å². The second-order valence-electron chi connectivity index (χ2n) is 5.25. The number of aliphatic hydroxyl groups is 1. The summed E-state index contributed by atoms with van der Waals surface area (Å²) in [6, 6.07) is 5.75. The number of hydrogen-bond donors (Lipinski definition) is 1. The SMILES string of the molecule is COc1ccc(C(C)(C)C)cc1N(C)C(=O)CO. The number of benzene rings is 1. The van der Waals surface area contributed by atoms with Crippen LogP contribution < -0.4 is 9.64 Å². The van der Waals surface area contributed by atoms with Gasteiger partial charge in [-0.3, -0.25) is 4.79 Å². The number of amides is 1. The summed E-state index contributed by atoms with van der Waals surface area (Å²) < 4.78 is 5.25. The molecule has 0 fully saturated rings. The van der Waals surface area contributed by atoms with Gasteiger partial charge in [0.05, 0.1) is 12.8 Å². The van der Waals surface area contributed by atoms with E-state index in [1.54, 1.807) is 14.2 Å². The van der Waals surface area contributed by atoms with Crippen molar-refractivity contribution in [2.24, 2.45) is 0 Å². The van der Waals surface area contributed by atoms with Gasteiger partial charge in [0.1, 0.15) is 12.4 Å². The van der Waals surface area contributed by atoms with Gasteiger partial charge in [0, 0.05) is 7.05 Å². The number of nitrogens with zero attached hydrogens (tertiary/aromatic N) is 1. The minimum absolute atomic E-state index is 0.00980. The van der Waals surface area contributed by atoms with Crippen molar-refractivity contribution in [2.75, 3.05) is 25.7 Å². The van der Waals surface area contributed by atoms with Crippen LogP contribution in [0.4, 0.5) is 5.69 Å². The van der Waals surface area contributed by atoms with Gasteiger partial charge in [0.15, 0.2) is 0 Å². The molecular formula is C14H21NO3. The normalized spacial score (nSPS) is 11.2. The summed E-state index contributed by atoms with van der Waals surface area (Å²) >= 11 is 0. The lowest BCUT2D eigenvalue weighted by atomic mass is 9.86. The van der Waals surface area contributed by atoms with Crippen LogP contribution in [0.2, 0.25) is 0 Å². The monoisotopic (exact) mass is 251 g/mol. The summed E-state index contributed by atoms with van der Waals surface area (Å²) in [5.41, 5.74) is 1.77. The van der Waals surface area contributed by atoms with Crippen LogP contribution in [0.3, 0.4) is 0 Å². The minimum Gasteiger partial charge on any atom is -0.495 e. The first-order valence-electron chi connectivity index (χ1n) is 5.87. The number of carbonyl (C=O) groups excluding carboxylic acids is 1. The van der Waals surface area contributed by atoms with Crippen molar-refractivity contribution in [2.45, 2.75) is 26.2 Å². The van der Waals surface area contributed by atoms with E-state index in [-0.39, 0.29) is 11.3 Å². The maximum absolute atomic E-state index is 11.6. The molecule has 4 nitrogen and oxygen atoms in total. The van der Waals surface area contributed by atoms with Gasteiger partial charge < -0.3 is 14.7 Å². The molecule has 0 aromatic heterocycles. The molecule has 0 bridgehead atoms. The Morgan fingerprint density at radius 1 is 1.39 bits per heavy atom. The van der Waals surface area contributed by atoms with E-state index >= 15 is 0 Å². The van der Waals surface area contributed by atoms with Gasteiger partial charge in [-0.15, -0.1) is 0 Å². The molecule has 0 saturated heterocycles. The Bertz CT molecular complexity index is 435. The van der Waals surface area contributed by atoms with Crippen molar-refractivity contribution >= 4 is 11.6 Å². The average molecular weight is 251 g/mol. The molecule has 0 atom stereocenters. The molecule has 1 N–H and O–H groups in total. The number of likely N-dealkylation sites (N-methyl/N-ethyl adjacent to an activating group) is 1. The highest BCUT2D eigenvalue weighted by Gasteiger charge is 2.19. The highest BCUT2D eigenvalue weighted by Crippen LogP contribution is 2.33. The summed E-state index contributed by atoms with van der Waals surface area (Å²) in [6.45, 7) is 5.80. The Morgan fingerprint density at radius 3 is 2.44 bits per heavy atom. The third kappa shape index (κ3) is 3.01. The summed E-state index contributed by atoms with van der Waals surface area (Å²) in [5, 5.41) is 8.93. The lowest BCUT2D eigenvalue weighted by molar-refractivity contribution is -0.120. The number of methoxy groups -OCH3 is 1. The third-order valence-corrected chi connectivity index (χ3v) is 2.92. The highest BCUT2D eigenvalue weighted by molar-refractivity contribution is 5.95. The summed E-state index contributed by atoms with van der Waals surface area (Å²) in [7, 11) is 3.19. The second kappa shape index (κ2) is 5.40. The third-order valence-electron chi connectivity index (χ3n) is 2.92. The molecule has 0 aliphatic heterocycles. The Kier molecular flexibility index (Phi) is 4.35. The topological polar surface area (TPSA) is 49.8 Å². The van der Waals surface area contributed by atoms with Crippen molar-refractivity contribution in [3.05, 3.63) is 23.8 Å². The molecular weight excluding hydrogens is 230 g/mol. The quantitative estimate of drug-likeness (QED) is 0.893. The Balaban J connectivity index is 3.26. The van der Waals surface area contributed by atoms with E-state index in [0.29, 0.717) is 11.4 Å². The van der Waals surface area contributed by atoms with Gasteiger partial charge in [-0.25, -0.2) is 0 Å². The zero-order valence-electron chi connectivity index (χ0n) is 11.7. The van der Waals surface area contributed by atoms with Gasteiger partial charge in [-0.2, -0.15) is 0 Å². The number of anilines is 1. The van der Waals surface area contributed by atoms with E-state index < -0.39 is 6.61 Å². The molecule has 0 radical (unpaired) electrons. The molecule has 0 unspecified atom stereocenters. The molecule has 0 saturated carbocycles. The van der Waals surface area contributed by atoms with Crippen LogP contribution in [0, 0.1) is 0 Å². The van der Waals surface area contributed by atoms with Gasteiger partial charge in [0.2, 0.25) is 0 Å². The molecule has 4 heteroatoms. The molecule has 100 valence electrons. The summed E-state index contributed by atoms with van der Waals surface area (Å²) in [6.07, 6.45) is 0. The summed E-state index contributed by atoms with van der Waals surface area (Å²) in [5.74, 6) is 0.256. The smallest absolute Gasteiger partial charge is 0.252 e. The first-order valence-corrected chi connectivity index (χ1v) is 5.87. The molecule has 0 aliphatic rings. The molecule has 1 aromatic rings. The van der Waals surface area contributed by atoms with Gasteiger partial charge in [-0.1, -0.05) is 26.8 Å². The maximum Gasteiger partial charge on any atom is 0.252 e. The molecule has 0 spiro atoms. The van der Waals surface area contributed by atoms with Crippen LogP contribution in [-0.2, 0) is 10.2 Å². The minimum atomic E-state index is -0.514. The van der Waals surface area contributed by atoms with E-state index in [0.717, 1.165) is 5.56 Å². The van der Waals surface area contributed by atoms with Crippen molar-refractivity contribution < 1.29 is 14.6 Å². The molecule has 1 rings (SSSR count). The van der Waals surface area contributed by atoms with Gasteiger partial charge >= 0.3 is 0 Å². The largest absolute Gasteiger partial charge is 0.495 e. The van der Waals surface area contributed by atoms with E-state index in [1.807, 2.05) is 18.2 Å². The van der Waals surface area contributed by atoms with Crippen LogP contribution in [0.25, 0.3) is 0 Å². The fraction of sp³-hybridized carbons (Fsp3) is 0.500. The number of hydrogen-bond acceptors (Lipinski definition) is 3. The standard InChI is InChI=1S/C14H21NO3/c1-14(2,3)10-6-7-12(18-5)11(8-10)15(4)13(17)9-16/h6-8,16H,9H2,1-5H3. The highest BCUT2D eigenvalue weighted by atomic mass is 16.5. The fourth-order valence-corrected chi connectivity index (χ4v) is 1.66. The molecule has 0 heterocycles. The van der Waals surface area contributed by atoms with Gasteiger partial charge in [0.25, 0.3) is 5.91 Å². The van der Waals surface area contributed by atoms with Crippen molar-refractivity contribution in [1.82, 2.24) is 0 Å². The average Bonchev–Trinajstić information content (AvgIpc) is 2.35. The number of carbonyl (C=O) groups is 1. The first-order chi connectivity index (χ1) is 8.31. The molecule has 18 heavy (non-hydrogen) atoms. The summed E-state index contributed by atoms with van der Waals surface area (Å²) in [4.78, 5) is 13.0. The van der Waals surface area contributed by atoms with E-state index in [2.05, 4.69) is 20.8 Å². The molecule has 1 aromatic carbocycles. The Morgan fingerprint density at radius 2 is 2.00 bits per heavy atom. The van der Waals surface area contributed by atoms with E-state index in [1.165, 1.54) is 4.90 Å². The zero-order chi connectivity index (χ0) is 13.9. The molecule has 0 aliphatic carbocycles. The molecule has 1 amide bonds. The van der Waals surface area contributed by atoms with Crippen LogP contribution >= 0.6 is 0 Å². The van der Waals surface area contributed by atoms with E-state index in [9.17, 15) is 4.79 Å². The van der Waals surface area contributed by atoms with Crippen LogP contribution in [0.15, 0.2) is 18.2 Å². The van der Waals surface area contributed by atoms with Crippen molar-refractivity contribution in [3.63, 3.8) is 0 Å². The second-order valence-corrected chi connectivity index (χ2v) is 5.25. The van der Waals surface area contributed by atoms with Crippen molar-refractivity contribution in [1.29, 1.82) is 0 Å². The Hall–Kier alpha value is -1.55. The number of rotatable bonds is 3. The maximum atomic E-state index is 11.6. The fourth-order valence-electron chi connectivity index (χ4n) is 1.66. The lowest BCUT2D eigenvalue weighted by Crippen LogP contribution is -2.29. The zero-order valence-corrected chi connectivity index (χ0v) is 11.7. The number of ether oxygens (including phenoxy) is 1. The first kappa shape index (κ1) is 14.5. The Labute approximate surface area is 108 Å². The van der Waals surface area contributed by atoms with E-state index in [4.69, 9.17) is 9.84 Å². The number of aliphatic hydroxyl groups excluding tert-OH is 1. The predicted molar refractivity (Wildman–Crippen MR) is 72.2 cm³/mol. The van der Waals surface area contributed by atoms with Gasteiger partial charge in [-0.05, 0) is 23.1 Å². The lowest BCUT2D eigenvalue weighted by Gasteiger charge is -2.24.